The molecule has 0 spiro atoms. The summed E-state index contributed by atoms with van der Waals surface area (Å²) < 4.78 is 1.24. The van der Waals surface area contributed by atoms with Gasteiger partial charge in [0.1, 0.15) is 12.2 Å². The zero-order valence-electron chi connectivity index (χ0n) is 10.7. The van der Waals surface area contributed by atoms with Gasteiger partial charge >= 0.3 is 5.97 Å². The molecule has 7 nitrogen and oxygen atoms in total. The van der Waals surface area contributed by atoms with Crippen LogP contribution in [-0.2, 0) is 22.7 Å². The van der Waals surface area contributed by atoms with Gasteiger partial charge in [-0.1, -0.05) is 18.1 Å². The van der Waals surface area contributed by atoms with E-state index in [1.807, 2.05) is 0 Å². The minimum Gasteiger partial charge on any atom is -0.480 e. The van der Waals surface area contributed by atoms with Crippen molar-refractivity contribution in [1.29, 1.82) is 0 Å². The smallest absolute Gasteiger partial charge is 0.325 e. The highest BCUT2D eigenvalue weighted by molar-refractivity contribution is 5.76. The maximum atomic E-state index is 11.7. The van der Waals surface area contributed by atoms with E-state index in [1.165, 1.54) is 23.7 Å². The maximum absolute atomic E-state index is 11.7. The molecule has 1 heterocycles. The van der Waals surface area contributed by atoms with Gasteiger partial charge in [-0.15, -0.1) is 5.10 Å². The quantitative estimate of drug-likeness (QED) is 0.784. The van der Waals surface area contributed by atoms with E-state index < -0.39 is 5.97 Å². The number of carboxylic acids is 1. The van der Waals surface area contributed by atoms with Crippen LogP contribution >= 0.6 is 0 Å². The number of hydrogen-bond donors (Lipinski definition) is 2. The highest BCUT2D eigenvalue weighted by atomic mass is 16.4. The number of hydrogen-bond acceptors (Lipinski definition) is 4. The first-order chi connectivity index (χ1) is 9.13. The van der Waals surface area contributed by atoms with Crippen molar-refractivity contribution in [2.45, 2.75) is 45.2 Å². The van der Waals surface area contributed by atoms with Crippen LogP contribution in [-0.4, -0.2) is 32.0 Å². The molecule has 2 rings (SSSR count). The Bertz CT molecular complexity index is 452. The third-order valence-electron chi connectivity index (χ3n) is 3.30. The number of nitrogens with one attached hydrogen (secondary N) is 1. The van der Waals surface area contributed by atoms with Crippen molar-refractivity contribution in [2.75, 3.05) is 0 Å². The minimum atomic E-state index is -0.971. The number of carbonyl (C=O) groups is 2. The first-order valence-electron chi connectivity index (χ1n) is 6.51. The van der Waals surface area contributed by atoms with Gasteiger partial charge in [-0.25, -0.2) is 4.68 Å². The fourth-order valence-electron chi connectivity index (χ4n) is 2.37. The summed E-state index contributed by atoms with van der Waals surface area (Å²) in [5.41, 5.74) is 0.570. The molecule has 0 aliphatic heterocycles. The number of carboxylic acid groups (broad SMARTS) is 1. The molecule has 1 saturated carbocycles. The fourth-order valence-corrected chi connectivity index (χ4v) is 2.37. The molecule has 0 saturated heterocycles. The summed E-state index contributed by atoms with van der Waals surface area (Å²) in [6.45, 7) is 0.0776. The second-order valence-corrected chi connectivity index (χ2v) is 4.93. The molecule has 7 heteroatoms. The Morgan fingerprint density at radius 3 is 2.84 bits per heavy atom. The number of nitrogens with zero attached hydrogens (tertiary/aromatic N) is 3. The van der Waals surface area contributed by atoms with Gasteiger partial charge in [-0.2, -0.15) is 0 Å². The molecular weight excluding hydrogens is 248 g/mol. The van der Waals surface area contributed by atoms with Gasteiger partial charge in [0, 0.05) is 6.42 Å². The number of aromatic nitrogens is 3. The molecule has 104 valence electrons. The highest BCUT2D eigenvalue weighted by Crippen LogP contribution is 2.27. The first-order valence-corrected chi connectivity index (χ1v) is 6.51. The first kappa shape index (κ1) is 13.5. The third-order valence-corrected chi connectivity index (χ3v) is 3.30. The van der Waals surface area contributed by atoms with E-state index in [0.717, 1.165) is 12.8 Å². The van der Waals surface area contributed by atoms with Gasteiger partial charge in [0.25, 0.3) is 0 Å². The van der Waals surface area contributed by atoms with Crippen molar-refractivity contribution in [1.82, 2.24) is 20.3 Å². The summed E-state index contributed by atoms with van der Waals surface area (Å²) in [6.07, 6.45) is 6.83. The second-order valence-electron chi connectivity index (χ2n) is 4.93. The van der Waals surface area contributed by atoms with Crippen LogP contribution < -0.4 is 5.32 Å². The number of aliphatic carboxylic acids is 1. The van der Waals surface area contributed by atoms with Crippen LogP contribution in [0.4, 0.5) is 0 Å². The standard InChI is InChI=1S/C12H18N4O3/c17-11(5-9-3-1-2-4-9)13-6-10-7-16(15-14-10)8-12(18)19/h7,9H,1-6,8H2,(H,13,17)(H,18,19). The normalized spacial score (nSPS) is 15.6. The molecule has 1 aliphatic rings. The summed E-state index contributed by atoms with van der Waals surface area (Å²) in [6, 6.07) is 0. The molecule has 0 bridgehead atoms. The molecule has 0 radical (unpaired) electrons. The molecule has 0 aromatic carbocycles. The van der Waals surface area contributed by atoms with Gasteiger partial charge < -0.3 is 10.4 Å². The van der Waals surface area contributed by atoms with Crippen LogP contribution in [0.3, 0.4) is 0 Å². The van der Waals surface area contributed by atoms with E-state index in [2.05, 4.69) is 15.6 Å². The molecule has 0 unspecified atom stereocenters. The van der Waals surface area contributed by atoms with Crippen molar-refractivity contribution in [3.63, 3.8) is 0 Å². The van der Waals surface area contributed by atoms with Gasteiger partial charge in [0.05, 0.1) is 12.7 Å². The Morgan fingerprint density at radius 2 is 2.16 bits per heavy atom. The van der Waals surface area contributed by atoms with Crippen molar-refractivity contribution in [2.24, 2.45) is 5.92 Å². The van der Waals surface area contributed by atoms with Crippen LogP contribution in [0.15, 0.2) is 6.20 Å². The topological polar surface area (TPSA) is 97.1 Å². The lowest BCUT2D eigenvalue weighted by Gasteiger charge is -2.08. The SMILES string of the molecule is O=C(O)Cn1cc(CNC(=O)CC2CCCC2)nn1. The lowest BCUT2D eigenvalue weighted by Crippen LogP contribution is -2.24. The highest BCUT2D eigenvalue weighted by Gasteiger charge is 2.18. The van der Waals surface area contributed by atoms with Crippen molar-refractivity contribution in [3.05, 3.63) is 11.9 Å². The van der Waals surface area contributed by atoms with Crippen LogP contribution in [0.1, 0.15) is 37.8 Å². The Balaban J connectivity index is 1.73. The van der Waals surface area contributed by atoms with Crippen molar-refractivity contribution < 1.29 is 14.7 Å². The molecule has 1 amide bonds. The Morgan fingerprint density at radius 1 is 1.42 bits per heavy atom. The molecular formula is C12H18N4O3. The fraction of sp³-hybridized carbons (Fsp3) is 0.667. The number of rotatable bonds is 6. The predicted octanol–water partition coefficient (Wildman–Crippen LogP) is 0.559. The summed E-state index contributed by atoms with van der Waals surface area (Å²) in [5, 5.41) is 18.9. The van der Waals surface area contributed by atoms with Crippen LogP contribution in [0.25, 0.3) is 0 Å². The monoisotopic (exact) mass is 266 g/mol. The second kappa shape index (κ2) is 6.31. The minimum absolute atomic E-state index is 0.0275. The van der Waals surface area contributed by atoms with Crippen molar-refractivity contribution >= 4 is 11.9 Å². The van der Waals surface area contributed by atoms with Gasteiger partial charge in [0.15, 0.2) is 0 Å². The summed E-state index contributed by atoms with van der Waals surface area (Å²) in [4.78, 5) is 22.2. The average molecular weight is 266 g/mol. The molecule has 1 aromatic heterocycles. The van der Waals surface area contributed by atoms with Crippen LogP contribution in [0.2, 0.25) is 0 Å². The Labute approximate surface area is 111 Å². The van der Waals surface area contributed by atoms with Gasteiger partial charge in [-0.05, 0) is 18.8 Å². The molecule has 19 heavy (non-hydrogen) atoms. The van der Waals surface area contributed by atoms with Gasteiger partial charge in [-0.3, -0.25) is 9.59 Å². The molecule has 1 fully saturated rings. The van der Waals surface area contributed by atoms with E-state index in [1.54, 1.807) is 0 Å². The van der Waals surface area contributed by atoms with Crippen LogP contribution in [0, 0.1) is 5.92 Å². The summed E-state index contributed by atoms with van der Waals surface area (Å²) in [7, 11) is 0. The van der Waals surface area contributed by atoms with Crippen LogP contribution in [0.5, 0.6) is 0 Å². The van der Waals surface area contributed by atoms with E-state index in [9.17, 15) is 9.59 Å². The van der Waals surface area contributed by atoms with Crippen molar-refractivity contribution in [3.8, 4) is 0 Å². The lowest BCUT2D eigenvalue weighted by molar-refractivity contribution is -0.138. The summed E-state index contributed by atoms with van der Waals surface area (Å²) >= 11 is 0. The van der Waals surface area contributed by atoms with E-state index in [0.29, 0.717) is 24.6 Å². The Hall–Kier alpha value is -1.92. The molecule has 0 atom stereocenters. The predicted molar refractivity (Wildman–Crippen MR) is 66.1 cm³/mol. The lowest BCUT2D eigenvalue weighted by atomic mass is 10.0. The maximum Gasteiger partial charge on any atom is 0.325 e. The summed E-state index contributed by atoms with van der Waals surface area (Å²) in [5.74, 6) is -0.427. The third kappa shape index (κ3) is 4.35. The number of carbonyl (C=O) groups excluding carboxylic acids is 1. The zero-order valence-corrected chi connectivity index (χ0v) is 10.7. The van der Waals surface area contributed by atoms with E-state index >= 15 is 0 Å². The van der Waals surface area contributed by atoms with E-state index in [-0.39, 0.29) is 12.5 Å². The Kier molecular flexibility index (Phi) is 4.48. The largest absolute Gasteiger partial charge is 0.480 e. The number of amides is 1. The molecule has 1 aromatic rings. The molecule has 1 aliphatic carbocycles. The van der Waals surface area contributed by atoms with Gasteiger partial charge in [0.2, 0.25) is 5.91 Å². The van der Waals surface area contributed by atoms with E-state index in [4.69, 9.17) is 5.11 Å². The average Bonchev–Trinajstić information content (AvgIpc) is 2.97. The zero-order chi connectivity index (χ0) is 13.7. The molecule has 2 N–H and O–H groups in total.